The van der Waals surface area contributed by atoms with Gasteiger partial charge in [-0.1, -0.05) is 44.7 Å². The summed E-state index contributed by atoms with van der Waals surface area (Å²) in [7, 11) is 0. The van der Waals surface area contributed by atoms with Gasteiger partial charge >= 0.3 is 0 Å². The highest BCUT2D eigenvalue weighted by Gasteiger charge is 2.28. The molecule has 1 atom stereocenters. The highest BCUT2D eigenvalue weighted by Crippen LogP contribution is 2.31. The molecule has 2 saturated heterocycles. The van der Waals surface area contributed by atoms with E-state index >= 15 is 0 Å². The van der Waals surface area contributed by atoms with Gasteiger partial charge in [0.15, 0.2) is 0 Å². The lowest BCUT2D eigenvalue weighted by atomic mass is 10.0. The number of aromatic nitrogens is 1. The van der Waals surface area contributed by atoms with Crippen LogP contribution in [0.2, 0.25) is 0 Å². The lowest BCUT2D eigenvalue weighted by Gasteiger charge is -2.32. The molecule has 2 amide bonds. The summed E-state index contributed by atoms with van der Waals surface area (Å²) in [5.74, 6) is 1.45. The third kappa shape index (κ3) is 8.79. The van der Waals surface area contributed by atoms with Crippen LogP contribution in [0, 0.1) is 22.7 Å². The number of piperidine rings is 1. The molecule has 10 heteroatoms. The molecule has 0 unspecified atom stereocenters. The van der Waals surface area contributed by atoms with Crippen LogP contribution in [0.3, 0.4) is 0 Å². The number of carbonyl (C=O) groups is 2. The third-order valence-corrected chi connectivity index (χ3v) is 9.36. The Morgan fingerprint density at radius 3 is 2.47 bits per heavy atom. The van der Waals surface area contributed by atoms with Crippen molar-refractivity contribution in [2.24, 2.45) is 11.8 Å². The Kier molecular flexibility index (Phi) is 10.7. The molecule has 3 heterocycles. The van der Waals surface area contributed by atoms with E-state index in [1.165, 1.54) is 5.56 Å². The van der Waals surface area contributed by atoms with E-state index < -0.39 is 0 Å². The molecular weight excluding hydrogens is 584 g/mol. The molecule has 5 rings (SSSR count). The SMILES string of the molecule is CC(C)C(=N)SC(=N)c1ccc(Oc2cc(C(=O)NC3CCN(Cc4cccnc4)CC3)ccc2CN2C[C@@H](C)CC2=O)cc1.[HH]. The Balaban J connectivity index is 0.00000480. The number of likely N-dealkylation sites (tertiary alicyclic amines) is 2. The number of ether oxygens (including phenoxy) is 1. The van der Waals surface area contributed by atoms with Gasteiger partial charge < -0.3 is 15.0 Å². The van der Waals surface area contributed by atoms with E-state index in [0.717, 1.165) is 49.8 Å². The first-order chi connectivity index (χ1) is 21.6. The molecule has 1 aromatic heterocycles. The van der Waals surface area contributed by atoms with Gasteiger partial charge in [0.2, 0.25) is 5.91 Å². The van der Waals surface area contributed by atoms with Crippen molar-refractivity contribution in [2.45, 2.75) is 59.2 Å². The highest BCUT2D eigenvalue weighted by molar-refractivity contribution is 8.26. The summed E-state index contributed by atoms with van der Waals surface area (Å²) in [6.07, 6.45) is 5.97. The molecule has 2 aromatic carbocycles. The fourth-order valence-electron chi connectivity index (χ4n) is 5.59. The second-order valence-electron chi connectivity index (χ2n) is 12.4. The number of nitrogens with one attached hydrogen (secondary N) is 3. The molecule has 2 fully saturated rings. The van der Waals surface area contributed by atoms with Gasteiger partial charge in [-0.3, -0.25) is 30.3 Å². The number of rotatable bonds is 10. The van der Waals surface area contributed by atoms with Crippen LogP contribution in [0.1, 0.15) is 68.5 Å². The second kappa shape index (κ2) is 14.8. The van der Waals surface area contributed by atoms with Crippen molar-refractivity contribution in [3.8, 4) is 11.5 Å². The summed E-state index contributed by atoms with van der Waals surface area (Å²) < 4.78 is 6.34. The second-order valence-corrected chi connectivity index (χ2v) is 13.4. The molecule has 2 aliphatic heterocycles. The number of benzene rings is 2. The smallest absolute Gasteiger partial charge is 0.251 e. The van der Waals surface area contributed by atoms with Crippen LogP contribution in [0.15, 0.2) is 67.0 Å². The van der Waals surface area contributed by atoms with Gasteiger partial charge in [0.05, 0.1) is 5.04 Å². The van der Waals surface area contributed by atoms with Crippen LogP contribution in [-0.4, -0.2) is 62.4 Å². The van der Waals surface area contributed by atoms with Crippen LogP contribution < -0.4 is 10.1 Å². The molecule has 3 N–H and O–H groups in total. The summed E-state index contributed by atoms with van der Waals surface area (Å²) in [4.78, 5) is 34.4. The zero-order valence-corrected chi connectivity index (χ0v) is 27.0. The monoisotopic (exact) mass is 628 g/mol. The van der Waals surface area contributed by atoms with Crippen LogP contribution >= 0.6 is 11.8 Å². The standard InChI is InChI=1S/C35H42N6O3S.H2/c1-23(2)33(36)45-34(37)26-8-10-30(11-9-26)44-31-18-27(6-7-28(31)22-41-20-24(3)17-32(41)42)35(43)39-29-12-15-40(16-13-29)21-25-5-4-14-38-19-25;/h4-11,14,18-19,23-24,29,36-37H,12-13,15-17,20-22H2,1-3H3,(H,39,43);1H/t24-;/m0./s1. The van der Waals surface area contributed by atoms with E-state index in [1.54, 1.807) is 36.5 Å². The molecule has 2 aliphatic rings. The quantitative estimate of drug-likeness (QED) is 0.172. The van der Waals surface area contributed by atoms with Crippen molar-refractivity contribution in [1.29, 1.82) is 10.8 Å². The summed E-state index contributed by atoms with van der Waals surface area (Å²) in [6.45, 7) is 9.72. The predicted molar refractivity (Wildman–Crippen MR) is 181 cm³/mol. The van der Waals surface area contributed by atoms with Gasteiger partial charge in [-0.2, -0.15) is 0 Å². The van der Waals surface area contributed by atoms with Gasteiger partial charge in [0.25, 0.3) is 5.91 Å². The van der Waals surface area contributed by atoms with Crippen molar-refractivity contribution >= 4 is 33.7 Å². The van der Waals surface area contributed by atoms with Gasteiger partial charge in [-0.15, -0.1) is 0 Å². The van der Waals surface area contributed by atoms with Gasteiger partial charge in [-0.25, -0.2) is 0 Å². The number of nitrogens with zero attached hydrogens (tertiary/aromatic N) is 3. The number of thioether (sulfide) groups is 1. The van der Waals surface area contributed by atoms with E-state index in [9.17, 15) is 9.59 Å². The van der Waals surface area contributed by atoms with Crippen molar-refractivity contribution in [3.05, 3.63) is 89.2 Å². The Labute approximate surface area is 271 Å². The summed E-state index contributed by atoms with van der Waals surface area (Å²) in [5, 5.41) is 20.4. The maximum Gasteiger partial charge on any atom is 0.251 e. The molecule has 3 aromatic rings. The number of pyridine rings is 1. The zero-order chi connectivity index (χ0) is 31.9. The molecule has 0 aliphatic carbocycles. The number of hydrogen-bond acceptors (Lipinski definition) is 8. The maximum absolute atomic E-state index is 13.4. The van der Waals surface area contributed by atoms with E-state index in [0.29, 0.717) is 58.1 Å². The fourth-order valence-corrected chi connectivity index (χ4v) is 6.30. The maximum atomic E-state index is 13.4. The van der Waals surface area contributed by atoms with E-state index in [-0.39, 0.29) is 25.2 Å². The molecule has 0 spiro atoms. The summed E-state index contributed by atoms with van der Waals surface area (Å²) in [6, 6.07) is 16.8. The first-order valence-corrected chi connectivity index (χ1v) is 16.4. The Hall–Kier alpha value is -4.02. The zero-order valence-electron chi connectivity index (χ0n) is 26.2. The first kappa shape index (κ1) is 32.4. The van der Waals surface area contributed by atoms with Crippen LogP contribution in [-0.2, 0) is 17.9 Å². The molecule has 9 nitrogen and oxygen atoms in total. The van der Waals surface area contributed by atoms with Crippen molar-refractivity contribution in [1.82, 2.24) is 20.1 Å². The molecule has 0 radical (unpaired) electrons. The van der Waals surface area contributed by atoms with Crippen molar-refractivity contribution in [3.63, 3.8) is 0 Å². The van der Waals surface area contributed by atoms with Crippen molar-refractivity contribution in [2.75, 3.05) is 19.6 Å². The topological polar surface area (TPSA) is 122 Å². The minimum absolute atomic E-state index is 0. The molecule has 238 valence electrons. The first-order valence-electron chi connectivity index (χ1n) is 15.6. The molecule has 45 heavy (non-hydrogen) atoms. The van der Waals surface area contributed by atoms with Crippen LogP contribution in [0.4, 0.5) is 0 Å². The van der Waals surface area contributed by atoms with Gasteiger partial charge in [-0.05, 0) is 66.8 Å². The van der Waals surface area contributed by atoms with Gasteiger partial charge in [0, 0.05) is 81.6 Å². The summed E-state index contributed by atoms with van der Waals surface area (Å²) >= 11 is 1.15. The van der Waals surface area contributed by atoms with Crippen molar-refractivity contribution < 1.29 is 15.8 Å². The molecular formula is C35H44N6O3S. The lowest BCUT2D eigenvalue weighted by Crippen LogP contribution is -2.44. The largest absolute Gasteiger partial charge is 0.457 e. The number of amides is 2. The van der Waals surface area contributed by atoms with E-state index in [1.807, 2.05) is 43.1 Å². The average molecular weight is 629 g/mol. The molecule has 0 saturated carbocycles. The minimum Gasteiger partial charge on any atom is -0.457 e. The minimum atomic E-state index is -0.142. The van der Waals surface area contributed by atoms with E-state index in [4.69, 9.17) is 15.6 Å². The summed E-state index contributed by atoms with van der Waals surface area (Å²) in [5.41, 5.74) is 3.23. The highest BCUT2D eigenvalue weighted by atomic mass is 32.2. The van der Waals surface area contributed by atoms with E-state index in [2.05, 4.69) is 28.2 Å². The van der Waals surface area contributed by atoms with Crippen LogP contribution in [0.25, 0.3) is 0 Å². The van der Waals surface area contributed by atoms with Gasteiger partial charge in [0.1, 0.15) is 16.5 Å². The predicted octanol–water partition coefficient (Wildman–Crippen LogP) is 6.57. The molecule has 0 bridgehead atoms. The fraction of sp³-hybridized carbons (Fsp3) is 0.400. The Morgan fingerprint density at radius 1 is 1.09 bits per heavy atom. The Bertz CT molecular complexity index is 1530. The number of carbonyl (C=O) groups excluding carboxylic acids is 2. The lowest BCUT2D eigenvalue weighted by molar-refractivity contribution is -0.128. The van der Waals surface area contributed by atoms with Crippen LogP contribution in [0.5, 0.6) is 11.5 Å². The third-order valence-electron chi connectivity index (χ3n) is 8.23. The Morgan fingerprint density at radius 2 is 1.82 bits per heavy atom. The normalized spacial score (nSPS) is 17.5. The average Bonchev–Trinajstić information content (AvgIpc) is 3.35. The number of hydrogen-bond donors (Lipinski definition) is 3.